The third-order valence-corrected chi connectivity index (χ3v) is 4.80. The quantitative estimate of drug-likeness (QED) is 0.688. The zero-order valence-corrected chi connectivity index (χ0v) is 16.1. The Hall–Kier alpha value is -3.25. The summed E-state index contributed by atoms with van der Waals surface area (Å²) in [6.45, 7) is 0. The molecule has 2 heterocycles. The van der Waals surface area contributed by atoms with Crippen LogP contribution in [0.15, 0.2) is 60.8 Å². The summed E-state index contributed by atoms with van der Waals surface area (Å²) in [6, 6.07) is 16.4. The second-order valence-electron chi connectivity index (χ2n) is 6.25. The molecule has 142 valence electrons. The van der Waals surface area contributed by atoms with Gasteiger partial charge in [-0.25, -0.2) is 4.98 Å². The lowest BCUT2D eigenvalue weighted by Crippen LogP contribution is -2.32. The van der Waals surface area contributed by atoms with Crippen LogP contribution in [0.25, 0.3) is 0 Å². The van der Waals surface area contributed by atoms with Crippen molar-refractivity contribution >= 4 is 29.0 Å². The molecule has 0 saturated heterocycles. The highest BCUT2D eigenvalue weighted by Crippen LogP contribution is 2.38. The Morgan fingerprint density at radius 3 is 2.39 bits per heavy atom. The van der Waals surface area contributed by atoms with Crippen LogP contribution in [0.4, 0.5) is 11.5 Å². The van der Waals surface area contributed by atoms with Crippen molar-refractivity contribution in [2.24, 2.45) is 0 Å². The number of hydrogen-bond acceptors (Lipinski definition) is 5. The second-order valence-corrected chi connectivity index (χ2v) is 6.68. The molecule has 1 N–H and O–H groups in total. The standard InChI is InChI=1S/C21H18ClN3O3/c1-27-15-9-14(10-16(11-15)28-2)24-20-17-5-3-4-6-18(17)21(26)25(20)19-8-7-13(22)12-23-19/h3-12,20,24H,1-2H3. The zero-order chi connectivity index (χ0) is 19.7. The average Bonchev–Trinajstić information content (AvgIpc) is 3.00. The molecule has 2 aromatic carbocycles. The topological polar surface area (TPSA) is 63.7 Å². The Labute approximate surface area is 167 Å². The molecule has 1 aliphatic heterocycles. The maximum Gasteiger partial charge on any atom is 0.261 e. The van der Waals surface area contributed by atoms with Crippen LogP contribution in [0.3, 0.4) is 0 Å². The Bertz CT molecular complexity index is 1000. The van der Waals surface area contributed by atoms with Crippen LogP contribution >= 0.6 is 11.6 Å². The number of fused-ring (bicyclic) bond motifs is 1. The first kappa shape index (κ1) is 18.1. The predicted molar refractivity (Wildman–Crippen MR) is 108 cm³/mol. The monoisotopic (exact) mass is 395 g/mol. The molecule has 1 amide bonds. The lowest BCUT2D eigenvalue weighted by atomic mass is 10.1. The maximum atomic E-state index is 13.1. The summed E-state index contributed by atoms with van der Waals surface area (Å²) in [6.07, 6.45) is 1.09. The number of methoxy groups -OCH3 is 2. The van der Waals surface area contributed by atoms with Crippen LogP contribution < -0.4 is 19.7 Å². The Kier molecular flexibility index (Phi) is 4.79. The van der Waals surface area contributed by atoms with Gasteiger partial charge in [0.05, 0.1) is 19.2 Å². The first-order valence-corrected chi connectivity index (χ1v) is 9.02. The molecule has 1 aromatic heterocycles. The number of anilines is 2. The SMILES string of the molecule is COc1cc(NC2c3ccccc3C(=O)N2c2ccc(Cl)cn2)cc(OC)c1. The van der Waals surface area contributed by atoms with Gasteiger partial charge in [0.2, 0.25) is 0 Å². The molecule has 0 saturated carbocycles. The van der Waals surface area contributed by atoms with Gasteiger partial charge >= 0.3 is 0 Å². The van der Waals surface area contributed by atoms with Crippen molar-refractivity contribution in [3.05, 3.63) is 76.9 Å². The van der Waals surface area contributed by atoms with Gasteiger partial charge in [-0.15, -0.1) is 0 Å². The Balaban J connectivity index is 1.77. The normalized spacial score (nSPS) is 15.3. The van der Waals surface area contributed by atoms with E-state index in [-0.39, 0.29) is 5.91 Å². The van der Waals surface area contributed by atoms with Crippen LogP contribution in [0.5, 0.6) is 11.5 Å². The highest BCUT2D eigenvalue weighted by molar-refractivity contribution is 6.30. The van der Waals surface area contributed by atoms with Crippen molar-refractivity contribution in [1.82, 2.24) is 4.98 Å². The molecule has 1 aliphatic rings. The molecule has 4 rings (SSSR count). The van der Waals surface area contributed by atoms with Gasteiger partial charge < -0.3 is 14.8 Å². The first-order valence-electron chi connectivity index (χ1n) is 8.64. The van der Waals surface area contributed by atoms with Crippen LogP contribution in [0.2, 0.25) is 5.02 Å². The predicted octanol–water partition coefficient (Wildman–Crippen LogP) is 4.52. The maximum absolute atomic E-state index is 13.1. The summed E-state index contributed by atoms with van der Waals surface area (Å²) in [4.78, 5) is 19.0. The summed E-state index contributed by atoms with van der Waals surface area (Å²) >= 11 is 5.97. The van der Waals surface area contributed by atoms with Gasteiger partial charge in [0.1, 0.15) is 23.5 Å². The molecule has 1 unspecified atom stereocenters. The van der Waals surface area contributed by atoms with E-state index in [2.05, 4.69) is 10.3 Å². The minimum absolute atomic E-state index is 0.127. The number of pyridine rings is 1. The minimum atomic E-state index is -0.436. The van der Waals surface area contributed by atoms with Gasteiger partial charge in [0.25, 0.3) is 5.91 Å². The van der Waals surface area contributed by atoms with E-state index < -0.39 is 6.17 Å². The van der Waals surface area contributed by atoms with Gasteiger partial charge in [-0.05, 0) is 18.2 Å². The molecule has 6 nitrogen and oxygen atoms in total. The molecule has 7 heteroatoms. The second kappa shape index (κ2) is 7.40. The van der Waals surface area contributed by atoms with Gasteiger partial charge in [-0.1, -0.05) is 29.8 Å². The summed E-state index contributed by atoms with van der Waals surface area (Å²) in [7, 11) is 3.19. The number of ether oxygens (including phenoxy) is 2. The number of nitrogens with zero attached hydrogens (tertiary/aromatic N) is 2. The lowest BCUT2D eigenvalue weighted by Gasteiger charge is -2.26. The average molecular weight is 396 g/mol. The van der Waals surface area contributed by atoms with Crippen molar-refractivity contribution < 1.29 is 14.3 Å². The highest BCUT2D eigenvalue weighted by atomic mass is 35.5. The number of halogens is 1. The van der Waals surface area contributed by atoms with Gasteiger partial charge in [-0.2, -0.15) is 0 Å². The highest BCUT2D eigenvalue weighted by Gasteiger charge is 2.38. The van der Waals surface area contributed by atoms with Gasteiger partial charge in [-0.3, -0.25) is 9.69 Å². The van der Waals surface area contributed by atoms with E-state index in [1.165, 1.54) is 6.20 Å². The van der Waals surface area contributed by atoms with Crippen molar-refractivity contribution in [2.45, 2.75) is 6.17 Å². The van der Waals surface area contributed by atoms with E-state index in [9.17, 15) is 4.79 Å². The fourth-order valence-corrected chi connectivity index (χ4v) is 3.37. The summed E-state index contributed by atoms with van der Waals surface area (Å²) < 4.78 is 10.7. The fraction of sp³-hybridized carbons (Fsp3) is 0.143. The van der Waals surface area contributed by atoms with E-state index >= 15 is 0 Å². The number of benzene rings is 2. The molecular formula is C21H18ClN3O3. The van der Waals surface area contributed by atoms with Crippen molar-refractivity contribution in [2.75, 3.05) is 24.4 Å². The smallest absolute Gasteiger partial charge is 0.261 e. The van der Waals surface area contributed by atoms with E-state index in [0.29, 0.717) is 27.9 Å². The van der Waals surface area contributed by atoms with Crippen LogP contribution in [-0.4, -0.2) is 25.1 Å². The fourth-order valence-electron chi connectivity index (χ4n) is 3.25. The third-order valence-electron chi connectivity index (χ3n) is 4.58. The van der Waals surface area contributed by atoms with Crippen LogP contribution in [-0.2, 0) is 0 Å². The Morgan fingerprint density at radius 1 is 1.04 bits per heavy atom. The largest absolute Gasteiger partial charge is 0.497 e. The molecular weight excluding hydrogens is 378 g/mol. The van der Waals surface area contributed by atoms with Crippen molar-refractivity contribution in [3.8, 4) is 11.5 Å². The van der Waals surface area contributed by atoms with Crippen molar-refractivity contribution in [1.29, 1.82) is 0 Å². The third kappa shape index (κ3) is 3.23. The molecule has 0 aliphatic carbocycles. The number of amides is 1. The number of aromatic nitrogens is 1. The zero-order valence-electron chi connectivity index (χ0n) is 15.3. The van der Waals surface area contributed by atoms with Gasteiger partial charge in [0.15, 0.2) is 0 Å². The van der Waals surface area contributed by atoms with Crippen LogP contribution in [0, 0.1) is 0 Å². The molecule has 0 fully saturated rings. The van der Waals surface area contributed by atoms with Crippen LogP contribution in [0.1, 0.15) is 22.1 Å². The molecule has 0 bridgehead atoms. The molecule has 0 spiro atoms. The number of carbonyl (C=O) groups is 1. The molecule has 3 aromatic rings. The molecule has 0 radical (unpaired) electrons. The number of hydrogen-bond donors (Lipinski definition) is 1. The summed E-state index contributed by atoms with van der Waals surface area (Å²) in [5.41, 5.74) is 2.25. The van der Waals surface area contributed by atoms with E-state index in [1.807, 2.05) is 36.4 Å². The minimum Gasteiger partial charge on any atom is -0.497 e. The van der Waals surface area contributed by atoms with Gasteiger partial charge in [0, 0.05) is 41.2 Å². The summed E-state index contributed by atoms with van der Waals surface area (Å²) in [5, 5.41) is 3.92. The number of carbonyl (C=O) groups excluding carboxylic acids is 1. The van der Waals surface area contributed by atoms with Crippen molar-refractivity contribution in [3.63, 3.8) is 0 Å². The molecule has 1 atom stereocenters. The lowest BCUT2D eigenvalue weighted by molar-refractivity contribution is 0.0992. The summed E-state index contributed by atoms with van der Waals surface area (Å²) in [5.74, 6) is 1.68. The van der Waals surface area contributed by atoms with E-state index in [0.717, 1.165) is 11.3 Å². The van der Waals surface area contributed by atoms with E-state index in [1.54, 1.807) is 37.3 Å². The first-order chi connectivity index (χ1) is 13.6. The molecule has 28 heavy (non-hydrogen) atoms. The Morgan fingerprint density at radius 2 is 1.75 bits per heavy atom. The number of nitrogens with one attached hydrogen (secondary N) is 1. The van der Waals surface area contributed by atoms with E-state index in [4.69, 9.17) is 21.1 Å². The number of rotatable bonds is 5.